The molecule has 1 aliphatic rings. The molecule has 0 saturated carbocycles. The Labute approximate surface area is 79.1 Å². The van der Waals surface area contributed by atoms with Gasteiger partial charge < -0.3 is 0 Å². The van der Waals surface area contributed by atoms with Gasteiger partial charge in [-0.05, 0) is 38.1 Å². The maximum absolute atomic E-state index is 13.2. The Morgan fingerprint density at radius 2 is 1.69 bits per heavy atom. The van der Waals surface area contributed by atoms with Crippen molar-refractivity contribution in [3.8, 4) is 0 Å². The number of hydrogen-bond donors (Lipinski definition) is 0. The number of likely N-dealkylation sites (tertiary alicyclic amines) is 1. The van der Waals surface area contributed by atoms with Crippen LogP contribution in [0.3, 0.4) is 0 Å². The van der Waals surface area contributed by atoms with Crippen molar-refractivity contribution in [3.05, 3.63) is 0 Å². The first-order valence-corrected chi connectivity index (χ1v) is 5.00. The lowest BCUT2D eigenvalue weighted by atomic mass is 9.88. The van der Waals surface area contributed by atoms with E-state index in [1.54, 1.807) is 0 Å². The third kappa shape index (κ3) is 2.90. The molecule has 0 N–H and O–H groups in total. The maximum atomic E-state index is 13.2. The molecule has 2 atom stereocenters. The van der Waals surface area contributed by atoms with Gasteiger partial charge in [-0.25, -0.2) is 13.7 Å². The second-order valence-corrected chi connectivity index (χ2v) is 4.50. The molecule has 1 nitrogen and oxygen atoms in total. The van der Waals surface area contributed by atoms with Crippen LogP contribution in [0.5, 0.6) is 0 Å². The number of hydrogen-bond acceptors (Lipinski definition) is 1. The Morgan fingerprint density at radius 1 is 1.23 bits per heavy atom. The highest BCUT2D eigenvalue weighted by Crippen LogP contribution is 2.31. The SMILES string of the molecule is CC(C)CC1CC(F)N(C)C(F)C1. The zero-order valence-corrected chi connectivity index (χ0v) is 8.63. The van der Waals surface area contributed by atoms with E-state index >= 15 is 0 Å². The van der Waals surface area contributed by atoms with Gasteiger partial charge in [-0.3, -0.25) is 0 Å². The van der Waals surface area contributed by atoms with Crippen molar-refractivity contribution >= 4 is 0 Å². The molecule has 0 spiro atoms. The summed E-state index contributed by atoms with van der Waals surface area (Å²) in [5.41, 5.74) is 0. The summed E-state index contributed by atoms with van der Waals surface area (Å²) in [4.78, 5) is 1.19. The van der Waals surface area contributed by atoms with Crippen LogP contribution in [-0.2, 0) is 0 Å². The highest BCUT2D eigenvalue weighted by Gasteiger charge is 2.33. The molecule has 13 heavy (non-hydrogen) atoms. The monoisotopic (exact) mass is 191 g/mol. The first-order chi connectivity index (χ1) is 6.00. The van der Waals surface area contributed by atoms with Gasteiger partial charge >= 0.3 is 0 Å². The largest absolute Gasteiger partial charge is 0.247 e. The Morgan fingerprint density at radius 3 is 2.08 bits per heavy atom. The van der Waals surface area contributed by atoms with Crippen LogP contribution in [0.15, 0.2) is 0 Å². The molecule has 0 aromatic rings. The number of alkyl halides is 2. The molecule has 2 unspecified atom stereocenters. The van der Waals surface area contributed by atoms with E-state index in [1.165, 1.54) is 11.9 Å². The normalized spacial score (nSPS) is 36.9. The lowest BCUT2D eigenvalue weighted by Crippen LogP contribution is -2.42. The summed E-state index contributed by atoms with van der Waals surface area (Å²) in [5.74, 6) is 0.758. The minimum Gasteiger partial charge on any atom is -0.247 e. The Balaban J connectivity index is 2.44. The zero-order chi connectivity index (χ0) is 10.0. The molecule has 0 bridgehead atoms. The Bertz CT molecular complexity index is 149. The van der Waals surface area contributed by atoms with E-state index in [0.29, 0.717) is 18.8 Å². The quantitative estimate of drug-likeness (QED) is 0.606. The second kappa shape index (κ2) is 4.36. The first-order valence-electron chi connectivity index (χ1n) is 5.00. The highest BCUT2D eigenvalue weighted by atomic mass is 19.2. The van der Waals surface area contributed by atoms with Crippen molar-refractivity contribution < 1.29 is 8.78 Å². The topological polar surface area (TPSA) is 3.24 Å². The van der Waals surface area contributed by atoms with Gasteiger partial charge in [0.15, 0.2) is 12.6 Å². The van der Waals surface area contributed by atoms with E-state index in [1.807, 2.05) is 0 Å². The summed E-state index contributed by atoms with van der Waals surface area (Å²) in [6.07, 6.45) is -0.251. The van der Waals surface area contributed by atoms with Crippen molar-refractivity contribution in [2.24, 2.45) is 11.8 Å². The van der Waals surface area contributed by atoms with Crippen LogP contribution in [-0.4, -0.2) is 24.5 Å². The molecule has 0 aromatic carbocycles. The van der Waals surface area contributed by atoms with Crippen molar-refractivity contribution in [1.82, 2.24) is 4.90 Å². The van der Waals surface area contributed by atoms with Crippen LogP contribution in [0, 0.1) is 11.8 Å². The van der Waals surface area contributed by atoms with Gasteiger partial charge in [0, 0.05) is 0 Å². The van der Waals surface area contributed by atoms with Crippen molar-refractivity contribution in [2.45, 2.75) is 45.7 Å². The fourth-order valence-corrected chi connectivity index (χ4v) is 2.01. The summed E-state index contributed by atoms with van der Waals surface area (Å²) < 4.78 is 26.4. The lowest BCUT2D eigenvalue weighted by molar-refractivity contribution is -0.0595. The first kappa shape index (κ1) is 10.9. The second-order valence-electron chi connectivity index (χ2n) is 4.50. The van der Waals surface area contributed by atoms with Crippen molar-refractivity contribution in [3.63, 3.8) is 0 Å². The van der Waals surface area contributed by atoms with Crippen LogP contribution in [0.1, 0.15) is 33.1 Å². The fraction of sp³-hybridized carbons (Fsp3) is 1.00. The molecule has 0 radical (unpaired) electrons. The highest BCUT2D eigenvalue weighted by molar-refractivity contribution is 4.77. The van der Waals surface area contributed by atoms with Gasteiger partial charge in [0.25, 0.3) is 0 Å². The van der Waals surface area contributed by atoms with Gasteiger partial charge in [0.1, 0.15) is 0 Å². The molecular weight excluding hydrogens is 172 g/mol. The number of nitrogens with zero attached hydrogens (tertiary/aromatic N) is 1. The average Bonchev–Trinajstić information content (AvgIpc) is 1.98. The number of rotatable bonds is 2. The van der Waals surface area contributed by atoms with Crippen molar-refractivity contribution in [1.29, 1.82) is 0 Å². The molecule has 1 aliphatic heterocycles. The van der Waals surface area contributed by atoms with Crippen LogP contribution in [0.25, 0.3) is 0 Å². The van der Waals surface area contributed by atoms with Crippen molar-refractivity contribution in [2.75, 3.05) is 7.05 Å². The summed E-state index contributed by atoms with van der Waals surface area (Å²) in [6.45, 7) is 4.19. The molecule has 1 heterocycles. The molecule has 0 aromatic heterocycles. The molecule has 1 saturated heterocycles. The molecule has 1 rings (SSSR count). The molecule has 0 amide bonds. The van der Waals surface area contributed by atoms with Gasteiger partial charge in [-0.15, -0.1) is 0 Å². The van der Waals surface area contributed by atoms with Gasteiger partial charge in [0.2, 0.25) is 0 Å². The van der Waals surface area contributed by atoms with Gasteiger partial charge in [-0.1, -0.05) is 13.8 Å². The van der Waals surface area contributed by atoms with E-state index in [-0.39, 0.29) is 5.92 Å². The van der Waals surface area contributed by atoms with Gasteiger partial charge in [0.05, 0.1) is 0 Å². The van der Waals surface area contributed by atoms with E-state index in [0.717, 1.165) is 6.42 Å². The van der Waals surface area contributed by atoms with E-state index in [9.17, 15) is 8.78 Å². The molecule has 0 aliphatic carbocycles. The molecule has 3 heteroatoms. The Hall–Kier alpha value is -0.180. The van der Waals surface area contributed by atoms with Crippen LogP contribution >= 0.6 is 0 Å². The average molecular weight is 191 g/mol. The third-order valence-corrected chi connectivity index (χ3v) is 2.74. The molecular formula is C10H19F2N. The summed E-state index contributed by atoms with van der Waals surface area (Å²) >= 11 is 0. The smallest absolute Gasteiger partial charge is 0.155 e. The Kier molecular flexibility index (Phi) is 3.65. The van der Waals surface area contributed by atoms with E-state index in [4.69, 9.17) is 0 Å². The number of halogens is 2. The summed E-state index contributed by atoms with van der Waals surface area (Å²) in [7, 11) is 1.51. The minimum absolute atomic E-state index is 0.223. The zero-order valence-electron chi connectivity index (χ0n) is 8.63. The van der Waals surface area contributed by atoms with Crippen LogP contribution in [0.2, 0.25) is 0 Å². The maximum Gasteiger partial charge on any atom is 0.155 e. The van der Waals surface area contributed by atoms with E-state index in [2.05, 4.69) is 13.8 Å². The van der Waals surface area contributed by atoms with E-state index < -0.39 is 12.6 Å². The fourth-order valence-electron chi connectivity index (χ4n) is 2.01. The lowest BCUT2D eigenvalue weighted by Gasteiger charge is -2.35. The minimum atomic E-state index is -1.09. The standard InChI is InChI=1S/C10H19F2N/c1-7(2)4-8-5-9(11)13(3)10(12)6-8/h7-10H,4-6H2,1-3H3. The summed E-state index contributed by atoms with van der Waals surface area (Å²) in [6, 6.07) is 0. The summed E-state index contributed by atoms with van der Waals surface area (Å²) in [5, 5.41) is 0. The predicted octanol–water partition coefficient (Wildman–Crippen LogP) is 2.97. The number of piperidine rings is 1. The predicted molar refractivity (Wildman–Crippen MR) is 49.7 cm³/mol. The van der Waals surface area contributed by atoms with Crippen LogP contribution in [0.4, 0.5) is 8.78 Å². The van der Waals surface area contributed by atoms with Crippen LogP contribution < -0.4 is 0 Å². The van der Waals surface area contributed by atoms with Gasteiger partial charge in [-0.2, -0.15) is 0 Å². The third-order valence-electron chi connectivity index (χ3n) is 2.74. The molecule has 1 fully saturated rings. The molecule has 78 valence electrons.